The molecule has 0 fully saturated rings. The van der Waals surface area contributed by atoms with E-state index in [0.717, 1.165) is 11.1 Å². The zero-order chi connectivity index (χ0) is 20.2. The van der Waals surface area contributed by atoms with Crippen LogP contribution in [0.15, 0.2) is 67.5 Å². The van der Waals surface area contributed by atoms with Gasteiger partial charge >= 0.3 is 0 Å². The Hall–Kier alpha value is -3.65. The first kappa shape index (κ1) is 18.7. The molecule has 1 aromatic carbocycles. The first-order valence-electron chi connectivity index (χ1n) is 8.81. The number of hydrogen-bond donors (Lipinski definition) is 1. The molecule has 1 N–H and O–H groups in total. The maximum atomic E-state index is 12.8. The van der Waals surface area contributed by atoms with E-state index >= 15 is 0 Å². The SMILES string of the molecule is C[C@@H](NC(=O)c1cncc(-c2ccc(Cl)cc2)c1)c1ncnn1-c1ncccn1. The van der Waals surface area contributed by atoms with Crippen LogP contribution in [0.3, 0.4) is 0 Å². The van der Waals surface area contributed by atoms with E-state index in [1.807, 2.05) is 19.1 Å². The molecule has 144 valence electrons. The summed E-state index contributed by atoms with van der Waals surface area (Å²) >= 11 is 5.94. The van der Waals surface area contributed by atoms with Gasteiger partial charge in [0.25, 0.3) is 11.9 Å². The fourth-order valence-electron chi connectivity index (χ4n) is 2.81. The van der Waals surface area contributed by atoms with Crippen molar-refractivity contribution in [2.45, 2.75) is 13.0 Å². The maximum absolute atomic E-state index is 12.8. The van der Waals surface area contributed by atoms with Crippen molar-refractivity contribution < 1.29 is 4.79 Å². The van der Waals surface area contributed by atoms with Gasteiger partial charge in [0.05, 0.1) is 11.6 Å². The predicted molar refractivity (Wildman–Crippen MR) is 108 cm³/mol. The number of carbonyl (C=O) groups is 1. The topological polar surface area (TPSA) is 98.5 Å². The van der Waals surface area contributed by atoms with Gasteiger partial charge in [-0.25, -0.2) is 15.0 Å². The second-order valence-electron chi connectivity index (χ2n) is 6.24. The molecule has 0 aliphatic heterocycles. The standard InChI is InChI=1S/C20H16ClN7O/c1-13(18-25-12-26-28(18)20-23-7-2-8-24-20)27-19(29)16-9-15(10-22-11-16)14-3-5-17(21)6-4-14/h2-13H,1H3,(H,27,29)/t13-/m1/s1. The van der Waals surface area contributed by atoms with Crippen LogP contribution in [-0.4, -0.2) is 35.6 Å². The van der Waals surface area contributed by atoms with E-state index in [1.165, 1.54) is 17.2 Å². The highest BCUT2D eigenvalue weighted by atomic mass is 35.5. The minimum atomic E-state index is -0.423. The van der Waals surface area contributed by atoms with Gasteiger partial charge in [-0.05, 0) is 36.8 Å². The molecule has 3 heterocycles. The lowest BCUT2D eigenvalue weighted by Gasteiger charge is -2.14. The first-order valence-corrected chi connectivity index (χ1v) is 9.19. The summed E-state index contributed by atoms with van der Waals surface area (Å²) in [7, 11) is 0. The lowest BCUT2D eigenvalue weighted by Crippen LogP contribution is -2.29. The predicted octanol–water partition coefficient (Wildman–Crippen LogP) is 3.26. The molecule has 1 amide bonds. The molecule has 4 aromatic rings. The van der Waals surface area contributed by atoms with E-state index in [9.17, 15) is 4.79 Å². The molecule has 0 spiro atoms. The molecular formula is C20H16ClN7O. The van der Waals surface area contributed by atoms with Crippen molar-refractivity contribution in [1.82, 2.24) is 35.0 Å². The first-order chi connectivity index (χ1) is 14.1. The van der Waals surface area contributed by atoms with E-state index in [-0.39, 0.29) is 5.91 Å². The highest BCUT2D eigenvalue weighted by Crippen LogP contribution is 2.22. The van der Waals surface area contributed by atoms with Crippen molar-refractivity contribution in [2.75, 3.05) is 0 Å². The van der Waals surface area contributed by atoms with Crippen LogP contribution in [0.4, 0.5) is 0 Å². The lowest BCUT2D eigenvalue weighted by atomic mass is 10.1. The van der Waals surface area contributed by atoms with Crippen molar-refractivity contribution >= 4 is 17.5 Å². The number of hydrogen-bond acceptors (Lipinski definition) is 6. The average Bonchev–Trinajstić information content (AvgIpc) is 3.25. The summed E-state index contributed by atoms with van der Waals surface area (Å²) in [5.41, 5.74) is 2.18. The third-order valence-electron chi connectivity index (χ3n) is 4.23. The third kappa shape index (κ3) is 4.12. The van der Waals surface area contributed by atoms with Gasteiger partial charge in [0.15, 0.2) is 5.82 Å². The zero-order valence-electron chi connectivity index (χ0n) is 15.4. The number of pyridine rings is 1. The second kappa shape index (κ2) is 8.15. The normalized spacial score (nSPS) is 11.8. The van der Waals surface area contributed by atoms with E-state index in [0.29, 0.717) is 22.4 Å². The van der Waals surface area contributed by atoms with Crippen molar-refractivity contribution in [3.05, 3.63) is 83.9 Å². The van der Waals surface area contributed by atoms with Gasteiger partial charge in [-0.3, -0.25) is 9.78 Å². The highest BCUT2D eigenvalue weighted by molar-refractivity contribution is 6.30. The zero-order valence-corrected chi connectivity index (χ0v) is 16.2. The molecule has 0 unspecified atom stereocenters. The average molecular weight is 406 g/mol. The number of nitrogens with zero attached hydrogens (tertiary/aromatic N) is 6. The monoisotopic (exact) mass is 405 g/mol. The molecule has 29 heavy (non-hydrogen) atoms. The molecular weight excluding hydrogens is 390 g/mol. The van der Waals surface area contributed by atoms with Crippen LogP contribution in [0.1, 0.15) is 29.1 Å². The highest BCUT2D eigenvalue weighted by Gasteiger charge is 2.19. The van der Waals surface area contributed by atoms with Crippen molar-refractivity contribution in [2.24, 2.45) is 0 Å². The molecule has 0 saturated heterocycles. The van der Waals surface area contributed by atoms with Crippen LogP contribution >= 0.6 is 11.6 Å². The summed E-state index contributed by atoms with van der Waals surface area (Å²) in [4.78, 5) is 29.5. The van der Waals surface area contributed by atoms with Crippen molar-refractivity contribution in [3.63, 3.8) is 0 Å². The summed E-state index contributed by atoms with van der Waals surface area (Å²) in [6, 6.07) is 10.4. The number of carbonyl (C=O) groups excluding carboxylic acids is 1. The fraction of sp³-hybridized carbons (Fsp3) is 0.100. The Morgan fingerprint density at radius 1 is 1.07 bits per heavy atom. The molecule has 1 atom stereocenters. The van der Waals surface area contributed by atoms with Crippen LogP contribution < -0.4 is 5.32 Å². The molecule has 0 radical (unpaired) electrons. The Kier molecular flexibility index (Phi) is 5.26. The lowest BCUT2D eigenvalue weighted by molar-refractivity contribution is 0.0937. The fourth-order valence-corrected chi connectivity index (χ4v) is 2.94. The minimum Gasteiger partial charge on any atom is -0.342 e. The molecule has 0 bridgehead atoms. The van der Waals surface area contributed by atoms with Gasteiger partial charge in [-0.1, -0.05) is 23.7 Å². The van der Waals surface area contributed by atoms with Crippen LogP contribution in [-0.2, 0) is 0 Å². The van der Waals surface area contributed by atoms with Gasteiger partial charge in [-0.2, -0.15) is 9.78 Å². The summed E-state index contributed by atoms with van der Waals surface area (Å²) in [5.74, 6) is 0.628. The van der Waals surface area contributed by atoms with Gasteiger partial charge in [0, 0.05) is 35.4 Å². The number of rotatable bonds is 5. The van der Waals surface area contributed by atoms with Gasteiger partial charge < -0.3 is 5.32 Å². The van der Waals surface area contributed by atoms with Crippen LogP contribution in [0.2, 0.25) is 5.02 Å². The van der Waals surface area contributed by atoms with Gasteiger partial charge in [0.1, 0.15) is 6.33 Å². The van der Waals surface area contributed by atoms with Gasteiger partial charge in [-0.15, -0.1) is 0 Å². The van der Waals surface area contributed by atoms with E-state index in [4.69, 9.17) is 11.6 Å². The van der Waals surface area contributed by atoms with Crippen LogP contribution in [0.5, 0.6) is 0 Å². The third-order valence-corrected chi connectivity index (χ3v) is 4.48. The quantitative estimate of drug-likeness (QED) is 0.547. The number of halogens is 1. The molecule has 4 rings (SSSR count). The Bertz CT molecular complexity index is 1130. The maximum Gasteiger partial charge on any atom is 0.253 e. The molecule has 0 saturated carbocycles. The number of benzene rings is 1. The summed E-state index contributed by atoms with van der Waals surface area (Å²) in [6.07, 6.45) is 7.85. The molecule has 0 aliphatic rings. The van der Waals surface area contributed by atoms with E-state index < -0.39 is 6.04 Å². The smallest absolute Gasteiger partial charge is 0.253 e. The van der Waals surface area contributed by atoms with Crippen molar-refractivity contribution in [3.8, 4) is 17.1 Å². The number of nitrogens with one attached hydrogen (secondary N) is 1. The van der Waals surface area contributed by atoms with Crippen LogP contribution in [0, 0.1) is 0 Å². The second-order valence-corrected chi connectivity index (χ2v) is 6.68. The molecule has 3 aromatic heterocycles. The molecule has 0 aliphatic carbocycles. The largest absolute Gasteiger partial charge is 0.342 e. The number of aromatic nitrogens is 6. The van der Waals surface area contributed by atoms with Crippen LogP contribution in [0.25, 0.3) is 17.1 Å². The van der Waals surface area contributed by atoms with Gasteiger partial charge in [0.2, 0.25) is 0 Å². The number of amides is 1. The summed E-state index contributed by atoms with van der Waals surface area (Å²) < 4.78 is 1.49. The summed E-state index contributed by atoms with van der Waals surface area (Å²) in [6.45, 7) is 1.82. The summed E-state index contributed by atoms with van der Waals surface area (Å²) in [5, 5.41) is 7.72. The Balaban J connectivity index is 1.54. The molecule has 9 heteroatoms. The van der Waals surface area contributed by atoms with E-state index in [1.54, 1.807) is 42.9 Å². The minimum absolute atomic E-state index is 0.274. The van der Waals surface area contributed by atoms with E-state index in [2.05, 4.69) is 30.4 Å². The Morgan fingerprint density at radius 2 is 1.83 bits per heavy atom. The van der Waals surface area contributed by atoms with Crippen molar-refractivity contribution in [1.29, 1.82) is 0 Å². The molecule has 8 nitrogen and oxygen atoms in total. The Labute approximate surface area is 171 Å². The Morgan fingerprint density at radius 3 is 2.59 bits per heavy atom.